The van der Waals surface area contributed by atoms with Crippen LogP contribution in [-0.4, -0.2) is 63.2 Å². The molecular formula is C15H25N5O. The molecule has 1 amide bonds. The molecule has 1 unspecified atom stereocenters. The predicted octanol–water partition coefficient (Wildman–Crippen LogP) is 1.00. The van der Waals surface area contributed by atoms with Gasteiger partial charge in [0.05, 0.1) is 6.54 Å². The highest BCUT2D eigenvalue weighted by molar-refractivity contribution is 5.76. The lowest BCUT2D eigenvalue weighted by molar-refractivity contribution is -0.130. The first-order valence-corrected chi connectivity index (χ1v) is 8.14. The normalized spacial score (nSPS) is 23.6. The maximum absolute atomic E-state index is 12.2. The number of hydrogen-bond donors (Lipinski definition) is 0. The van der Waals surface area contributed by atoms with E-state index in [1.807, 2.05) is 4.90 Å². The lowest BCUT2D eigenvalue weighted by Crippen LogP contribution is -2.36. The quantitative estimate of drug-likeness (QED) is 0.812. The van der Waals surface area contributed by atoms with Gasteiger partial charge in [-0.15, -0.1) is 0 Å². The fraction of sp³-hybridized carbons (Fsp3) is 0.800. The van der Waals surface area contributed by atoms with E-state index in [4.69, 9.17) is 0 Å². The zero-order valence-electron chi connectivity index (χ0n) is 12.7. The van der Waals surface area contributed by atoms with Gasteiger partial charge in [-0.1, -0.05) is 6.42 Å². The maximum Gasteiger partial charge on any atom is 0.224 e. The molecule has 0 radical (unpaired) electrons. The van der Waals surface area contributed by atoms with Crippen molar-refractivity contribution in [3.8, 4) is 0 Å². The average Bonchev–Trinajstić information content (AvgIpc) is 3.17. The van der Waals surface area contributed by atoms with Crippen LogP contribution in [0.15, 0.2) is 12.7 Å². The van der Waals surface area contributed by atoms with Crippen LogP contribution in [0.1, 0.15) is 32.1 Å². The van der Waals surface area contributed by atoms with E-state index in [2.05, 4.69) is 15.0 Å². The van der Waals surface area contributed by atoms with E-state index in [1.165, 1.54) is 45.2 Å². The van der Waals surface area contributed by atoms with Gasteiger partial charge in [-0.05, 0) is 38.3 Å². The van der Waals surface area contributed by atoms with E-state index < -0.39 is 0 Å². The number of carbonyl (C=O) groups is 1. The predicted molar refractivity (Wildman–Crippen MR) is 79.6 cm³/mol. The molecule has 21 heavy (non-hydrogen) atoms. The molecule has 1 aromatic heterocycles. The summed E-state index contributed by atoms with van der Waals surface area (Å²) in [5, 5.41) is 4.04. The second-order valence-electron chi connectivity index (χ2n) is 6.26. The fourth-order valence-corrected chi connectivity index (χ4v) is 3.43. The van der Waals surface area contributed by atoms with Crippen LogP contribution < -0.4 is 0 Å². The highest BCUT2D eigenvalue weighted by atomic mass is 16.2. The Balaban J connectivity index is 1.40. The first-order valence-electron chi connectivity index (χ1n) is 8.14. The maximum atomic E-state index is 12.2. The first-order chi connectivity index (χ1) is 10.3. The van der Waals surface area contributed by atoms with E-state index >= 15 is 0 Å². The highest BCUT2D eigenvalue weighted by Crippen LogP contribution is 2.20. The van der Waals surface area contributed by atoms with Gasteiger partial charge in [0.2, 0.25) is 5.91 Å². The number of nitrogens with zero attached hydrogens (tertiary/aromatic N) is 5. The molecule has 0 N–H and O–H groups in total. The third kappa shape index (κ3) is 4.03. The summed E-state index contributed by atoms with van der Waals surface area (Å²) in [6.45, 7) is 6.16. The van der Waals surface area contributed by atoms with Crippen LogP contribution in [0.2, 0.25) is 0 Å². The zero-order chi connectivity index (χ0) is 14.5. The van der Waals surface area contributed by atoms with Crippen LogP contribution in [0.25, 0.3) is 0 Å². The third-order valence-electron chi connectivity index (χ3n) is 4.62. The molecule has 2 saturated heterocycles. The van der Waals surface area contributed by atoms with Crippen LogP contribution in [0.4, 0.5) is 0 Å². The van der Waals surface area contributed by atoms with Crippen LogP contribution in [0.3, 0.4) is 0 Å². The molecule has 116 valence electrons. The summed E-state index contributed by atoms with van der Waals surface area (Å²) in [5.41, 5.74) is 0. The van der Waals surface area contributed by atoms with Gasteiger partial charge in [-0.2, -0.15) is 5.10 Å². The van der Waals surface area contributed by atoms with Crippen molar-refractivity contribution >= 4 is 5.91 Å². The van der Waals surface area contributed by atoms with Crippen molar-refractivity contribution in [3.05, 3.63) is 12.7 Å². The molecule has 6 heteroatoms. The van der Waals surface area contributed by atoms with E-state index in [1.54, 1.807) is 11.0 Å². The molecule has 2 aliphatic rings. The van der Waals surface area contributed by atoms with Gasteiger partial charge in [-0.3, -0.25) is 9.48 Å². The lowest BCUT2D eigenvalue weighted by atomic mass is 10.1. The van der Waals surface area contributed by atoms with Gasteiger partial charge in [0.15, 0.2) is 0 Å². The molecule has 0 aliphatic carbocycles. The van der Waals surface area contributed by atoms with E-state index in [0.717, 1.165) is 19.5 Å². The number of carbonyl (C=O) groups excluding carboxylic acids is 1. The second kappa shape index (κ2) is 7.02. The zero-order valence-corrected chi connectivity index (χ0v) is 12.7. The number of aryl methyl sites for hydroxylation is 1. The number of amides is 1. The van der Waals surface area contributed by atoms with Crippen molar-refractivity contribution in [1.82, 2.24) is 24.6 Å². The molecule has 1 atom stereocenters. The summed E-state index contributed by atoms with van der Waals surface area (Å²) in [6, 6.07) is 0. The van der Waals surface area contributed by atoms with Gasteiger partial charge in [0, 0.05) is 26.1 Å². The molecule has 3 rings (SSSR count). The minimum absolute atomic E-state index is 0.256. The molecule has 1 aromatic rings. The Morgan fingerprint density at radius 1 is 1.19 bits per heavy atom. The summed E-state index contributed by atoms with van der Waals surface area (Å²) in [6.07, 6.45) is 8.92. The van der Waals surface area contributed by atoms with Crippen molar-refractivity contribution in [1.29, 1.82) is 0 Å². The summed E-state index contributed by atoms with van der Waals surface area (Å²) in [4.78, 5) is 20.7. The number of aromatic nitrogens is 3. The van der Waals surface area contributed by atoms with E-state index in [-0.39, 0.29) is 5.91 Å². The van der Waals surface area contributed by atoms with Crippen LogP contribution in [-0.2, 0) is 11.3 Å². The lowest BCUT2D eigenvalue weighted by Gasteiger charge is -2.29. The Kier molecular flexibility index (Phi) is 4.85. The summed E-state index contributed by atoms with van der Waals surface area (Å²) < 4.78 is 1.72. The van der Waals surface area contributed by atoms with Crippen molar-refractivity contribution in [3.63, 3.8) is 0 Å². The number of piperidine rings is 1. The molecule has 6 nitrogen and oxygen atoms in total. The number of rotatable bonds is 5. The summed E-state index contributed by atoms with van der Waals surface area (Å²) in [7, 11) is 0. The Morgan fingerprint density at radius 3 is 2.81 bits per heavy atom. The molecule has 0 saturated carbocycles. The largest absolute Gasteiger partial charge is 0.342 e. The summed E-state index contributed by atoms with van der Waals surface area (Å²) in [5.74, 6) is 0.921. The monoisotopic (exact) mass is 291 g/mol. The SMILES string of the molecule is O=C(CCn1cncn1)N1CCC(CN2CCCCC2)C1. The molecule has 3 heterocycles. The van der Waals surface area contributed by atoms with Crippen molar-refractivity contribution in [2.45, 2.75) is 38.6 Å². The Hall–Kier alpha value is -1.43. The first kappa shape index (κ1) is 14.5. The van der Waals surface area contributed by atoms with Gasteiger partial charge in [-0.25, -0.2) is 4.98 Å². The topological polar surface area (TPSA) is 54.3 Å². The second-order valence-corrected chi connectivity index (χ2v) is 6.26. The molecule has 2 aliphatic heterocycles. The minimum Gasteiger partial charge on any atom is -0.342 e. The molecular weight excluding hydrogens is 266 g/mol. The van der Waals surface area contributed by atoms with Gasteiger partial charge in [0.25, 0.3) is 0 Å². The van der Waals surface area contributed by atoms with Crippen molar-refractivity contribution < 1.29 is 4.79 Å². The molecule has 0 spiro atoms. The third-order valence-corrected chi connectivity index (χ3v) is 4.62. The average molecular weight is 291 g/mol. The molecule has 0 aromatic carbocycles. The number of hydrogen-bond acceptors (Lipinski definition) is 4. The van der Waals surface area contributed by atoms with Gasteiger partial charge >= 0.3 is 0 Å². The van der Waals surface area contributed by atoms with Crippen LogP contribution >= 0.6 is 0 Å². The van der Waals surface area contributed by atoms with Crippen molar-refractivity contribution in [2.75, 3.05) is 32.7 Å². The van der Waals surface area contributed by atoms with E-state index in [9.17, 15) is 4.79 Å². The molecule has 2 fully saturated rings. The van der Waals surface area contributed by atoms with Crippen LogP contribution in [0, 0.1) is 5.92 Å². The Labute approximate surface area is 126 Å². The minimum atomic E-state index is 0.256. The molecule has 0 bridgehead atoms. The fourth-order valence-electron chi connectivity index (χ4n) is 3.43. The number of likely N-dealkylation sites (tertiary alicyclic amines) is 2. The standard InChI is InChI=1S/C15H25N5O/c21-15(5-9-20-13-16-12-17-20)19-8-4-14(11-19)10-18-6-2-1-3-7-18/h12-14H,1-11H2. The Bertz CT molecular complexity index is 441. The smallest absolute Gasteiger partial charge is 0.224 e. The van der Waals surface area contributed by atoms with Gasteiger partial charge < -0.3 is 9.80 Å². The van der Waals surface area contributed by atoms with Crippen molar-refractivity contribution in [2.24, 2.45) is 5.92 Å². The summed E-state index contributed by atoms with van der Waals surface area (Å²) >= 11 is 0. The van der Waals surface area contributed by atoms with E-state index in [0.29, 0.717) is 18.9 Å². The highest BCUT2D eigenvalue weighted by Gasteiger charge is 2.27. The van der Waals surface area contributed by atoms with Gasteiger partial charge in [0.1, 0.15) is 12.7 Å². The Morgan fingerprint density at radius 2 is 2.05 bits per heavy atom. The van der Waals surface area contributed by atoms with Crippen LogP contribution in [0.5, 0.6) is 0 Å².